The number of hydrogen-bond acceptors (Lipinski definition) is 6. The first-order chi connectivity index (χ1) is 16.3. The number of ketones is 1. The van der Waals surface area contributed by atoms with Gasteiger partial charge in [-0.2, -0.15) is 0 Å². The lowest BCUT2D eigenvalue weighted by Crippen LogP contribution is -2.29. The normalized spacial score (nSPS) is 17.0. The SMILES string of the molecule is COc1ccc(N2C(=O)C(=O)/C(=C(\O)c3ccc(Cl)cc3)C2c2cccc(OC(C)=O)c2)cc1. The van der Waals surface area contributed by atoms with E-state index in [1.165, 1.54) is 18.9 Å². The van der Waals surface area contributed by atoms with Crippen LogP contribution in [0.5, 0.6) is 11.5 Å². The fourth-order valence-electron chi connectivity index (χ4n) is 3.83. The van der Waals surface area contributed by atoms with Crippen LogP contribution in [-0.2, 0) is 14.4 Å². The Balaban J connectivity index is 1.92. The first-order valence-corrected chi connectivity index (χ1v) is 10.7. The van der Waals surface area contributed by atoms with E-state index < -0.39 is 23.7 Å². The summed E-state index contributed by atoms with van der Waals surface area (Å²) >= 11 is 5.96. The van der Waals surface area contributed by atoms with E-state index in [1.807, 2.05) is 0 Å². The molecule has 0 radical (unpaired) electrons. The summed E-state index contributed by atoms with van der Waals surface area (Å²) in [4.78, 5) is 39.2. The molecular formula is C26H20ClNO6. The maximum Gasteiger partial charge on any atom is 0.308 e. The van der Waals surface area contributed by atoms with E-state index in [1.54, 1.807) is 72.8 Å². The molecule has 1 N–H and O–H groups in total. The molecule has 1 unspecified atom stereocenters. The van der Waals surface area contributed by atoms with Gasteiger partial charge >= 0.3 is 5.97 Å². The Labute approximate surface area is 200 Å². The van der Waals surface area contributed by atoms with Crippen molar-refractivity contribution in [1.29, 1.82) is 0 Å². The zero-order chi connectivity index (χ0) is 24.4. The molecule has 1 aliphatic heterocycles. The molecule has 0 spiro atoms. The van der Waals surface area contributed by atoms with E-state index in [4.69, 9.17) is 21.1 Å². The highest BCUT2D eigenvalue weighted by Crippen LogP contribution is 2.43. The van der Waals surface area contributed by atoms with Crippen molar-refractivity contribution in [3.63, 3.8) is 0 Å². The Kier molecular flexibility index (Phi) is 6.38. The van der Waals surface area contributed by atoms with Gasteiger partial charge in [-0.15, -0.1) is 0 Å². The van der Waals surface area contributed by atoms with Gasteiger partial charge in [-0.3, -0.25) is 19.3 Å². The van der Waals surface area contributed by atoms with Crippen LogP contribution >= 0.6 is 11.6 Å². The Morgan fingerprint density at radius 1 is 0.971 bits per heavy atom. The predicted octanol–water partition coefficient (Wildman–Crippen LogP) is 4.90. The second-order valence-electron chi connectivity index (χ2n) is 7.54. The van der Waals surface area contributed by atoms with E-state index in [-0.39, 0.29) is 17.1 Å². The van der Waals surface area contributed by atoms with Crippen LogP contribution < -0.4 is 14.4 Å². The van der Waals surface area contributed by atoms with Crippen molar-refractivity contribution >= 4 is 40.7 Å². The summed E-state index contributed by atoms with van der Waals surface area (Å²) in [6, 6.07) is 18.4. The highest BCUT2D eigenvalue weighted by molar-refractivity contribution is 6.51. The third-order valence-corrected chi connectivity index (χ3v) is 5.60. The van der Waals surface area contributed by atoms with Crippen LogP contribution in [0.4, 0.5) is 5.69 Å². The molecule has 0 saturated carbocycles. The number of aliphatic hydroxyl groups is 1. The molecule has 0 bridgehead atoms. The minimum atomic E-state index is -0.973. The number of methoxy groups -OCH3 is 1. The van der Waals surface area contributed by atoms with Crippen molar-refractivity contribution in [2.45, 2.75) is 13.0 Å². The van der Waals surface area contributed by atoms with Gasteiger partial charge < -0.3 is 14.6 Å². The van der Waals surface area contributed by atoms with Crippen molar-refractivity contribution in [3.8, 4) is 11.5 Å². The van der Waals surface area contributed by atoms with Crippen molar-refractivity contribution in [2.75, 3.05) is 12.0 Å². The van der Waals surface area contributed by atoms with Gasteiger partial charge in [-0.25, -0.2) is 0 Å². The number of rotatable bonds is 5. The molecule has 34 heavy (non-hydrogen) atoms. The molecule has 1 heterocycles. The first-order valence-electron chi connectivity index (χ1n) is 10.3. The Bertz CT molecular complexity index is 1300. The van der Waals surface area contributed by atoms with Crippen molar-refractivity contribution in [2.24, 2.45) is 0 Å². The number of carbonyl (C=O) groups is 3. The molecule has 172 valence electrons. The standard InChI is InChI=1S/C26H20ClNO6/c1-15(29)34-21-5-3-4-17(14-21)23-22(24(30)16-6-8-18(27)9-7-16)25(31)26(32)28(23)19-10-12-20(33-2)13-11-19/h3-14,23,30H,1-2H3/b24-22-. The van der Waals surface area contributed by atoms with Crippen LogP contribution in [0.25, 0.3) is 5.76 Å². The van der Waals surface area contributed by atoms with E-state index in [0.29, 0.717) is 27.6 Å². The highest BCUT2D eigenvalue weighted by Gasteiger charge is 2.47. The molecule has 8 heteroatoms. The van der Waals surface area contributed by atoms with Crippen LogP contribution in [0, 0.1) is 0 Å². The van der Waals surface area contributed by atoms with Crippen LogP contribution in [-0.4, -0.2) is 29.9 Å². The quantitative estimate of drug-likeness (QED) is 0.185. The van der Waals surface area contributed by atoms with Crippen LogP contribution in [0.2, 0.25) is 5.02 Å². The summed E-state index contributed by atoms with van der Waals surface area (Å²) in [7, 11) is 1.52. The number of benzene rings is 3. The number of esters is 1. The molecule has 0 aromatic heterocycles. The maximum absolute atomic E-state index is 13.2. The van der Waals surface area contributed by atoms with Gasteiger partial charge in [-0.05, 0) is 66.2 Å². The number of amides is 1. The zero-order valence-corrected chi connectivity index (χ0v) is 19.1. The highest BCUT2D eigenvalue weighted by atomic mass is 35.5. The predicted molar refractivity (Wildman–Crippen MR) is 127 cm³/mol. The fraction of sp³-hybridized carbons (Fsp3) is 0.115. The number of Topliss-reactive ketones (excluding diaryl/α,β-unsaturated/α-hetero) is 1. The third-order valence-electron chi connectivity index (χ3n) is 5.35. The lowest BCUT2D eigenvalue weighted by atomic mass is 9.95. The fourth-order valence-corrected chi connectivity index (χ4v) is 3.96. The first kappa shape index (κ1) is 23.1. The molecule has 3 aromatic carbocycles. The summed E-state index contributed by atoms with van der Waals surface area (Å²) in [6.07, 6.45) is 0. The number of nitrogens with zero attached hydrogens (tertiary/aromatic N) is 1. The topological polar surface area (TPSA) is 93.1 Å². The Morgan fingerprint density at radius 3 is 2.26 bits per heavy atom. The monoisotopic (exact) mass is 477 g/mol. The minimum absolute atomic E-state index is 0.0943. The molecule has 3 aromatic rings. The summed E-state index contributed by atoms with van der Waals surface area (Å²) in [6.45, 7) is 1.27. The second-order valence-corrected chi connectivity index (χ2v) is 7.98. The van der Waals surface area contributed by atoms with Gasteiger partial charge in [-0.1, -0.05) is 23.7 Å². The molecule has 1 fully saturated rings. The summed E-state index contributed by atoms with van der Waals surface area (Å²) in [5.41, 5.74) is 1.15. The van der Waals surface area contributed by atoms with E-state index >= 15 is 0 Å². The molecule has 1 atom stereocenters. The van der Waals surface area contributed by atoms with Gasteiger partial charge in [0.15, 0.2) is 0 Å². The lowest BCUT2D eigenvalue weighted by Gasteiger charge is -2.26. The second kappa shape index (κ2) is 9.41. The zero-order valence-electron chi connectivity index (χ0n) is 18.3. The van der Waals surface area contributed by atoms with E-state index in [0.717, 1.165) is 0 Å². The van der Waals surface area contributed by atoms with Crippen molar-refractivity contribution in [3.05, 3.63) is 94.5 Å². The van der Waals surface area contributed by atoms with Crippen LogP contribution in [0.3, 0.4) is 0 Å². The lowest BCUT2D eigenvalue weighted by molar-refractivity contribution is -0.132. The molecule has 7 nitrogen and oxygen atoms in total. The average Bonchev–Trinajstić information content (AvgIpc) is 3.09. The number of carbonyl (C=O) groups excluding carboxylic acids is 3. The van der Waals surface area contributed by atoms with E-state index in [2.05, 4.69) is 0 Å². The van der Waals surface area contributed by atoms with Crippen LogP contribution in [0.15, 0.2) is 78.4 Å². The summed E-state index contributed by atoms with van der Waals surface area (Å²) in [5.74, 6) is -1.67. The largest absolute Gasteiger partial charge is 0.507 e. The Hall–Kier alpha value is -4.10. The molecular weight excluding hydrogens is 458 g/mol. The maximum atomic E-state index is 13.2. The van der Waals surface area contributed by atoms with Gasteiger partial charge in [0.1, 0.15) is 17.3 Å². The molecule has 4 rings (SSSR count). The van der Waals surface area contributed by atoms with Gasteiger partial charge in [0.2, 0.25) is 0 Å². The Morgan fingerprint density at radius 2 is 1.65 bits per heavy atom. The van der Waals surface area contributed by atoms with Gasteiger partial charge in [0.05, 0.1) is 18.7 Å². The molecule has 0 aliphatic carbocycles. The minimum Gasteiger partial charge on any atom is -0.507 e. The van der Waals surface area contributed by atoms with Crippen molar-refractivity contribution in [1.82, 2.24) is 0 Å². The van der Waals surface area contributed by atoms with Gasteiger partial charge in [0.25, 0.3) is 11.7 Å². The number of ether oxygens (including phenoxy) is 2. The summed E-state index contributed by atoms with van der Waals surface area (Å²) < 4.78 is 10.4. The average molecular weight is 478 g/mol. The number of halogens is 1. The van der Waals surface area contributed by atoms with Crippen molar-refractivity contribution < 1.29 is 29.0 Å². The number of hydrogen-bond donors (Lipinski definition) is 1. The molecule has 1 saturated heterocycles. The molecule has 1 aliphatic rings. The van der Waals surface area contributed by atoms with E-state index in [9.17, 15) is 19.5 Å². The molecule has 1 amide bonds. The van der Waals surface area contributed by atoms with Gasteiger partial charge in [0, 0.05) is 23.2 Å². The third kappa shape index (κ3) is 4.38. The smallest absolute Gasteiger partial charge is 0.308 e. The van der Waals surface area contributed by atoms with Crippen LogP contribution in [0.1, 0.15) is 24.1 Å². The summed E-state index contributed by atoms with van der Waals surface area (Å²) in [5, 5.41) is 11.6. The number of aliphatic hydroxyl groups excluding tert-OH is 1. The number of anilines is 1.